The van der Waals surface area contributed by atoms with E-state index in [4.69, 9.17) is 4.42 Å². The maximum Gasteiger partial charge on any atom is 0.310 e. The molecule has 0 aliphatic heterocycles. The van der Waals surface area contributed by atoms with E-state index in [1.54, 1.807) is 6.92 Å². The summed E-state index contributed by atoms with van der Waals surface area (Å²) in [6.45, 7) is 1.72. The van der Waals surface area contributed by atoms with Crippen molar-refractivity contribution in [1.82, 2.24) is 9.71 Å². The Kier molecular flexibility index (Phi) is 4.44. The summed E-state index contributed by atoms with van der Waals surface area (Å²) in [6.07, 6.45) is 3.22. The number of sulfonamides is 1. The van der Waals surface area contributed by atoms with Crippen molar-refractivity contribution in [2.45, 2.75) is 38.0 Å². The molecule has 2 atom stereocenters. The molecule has 0 spiro atoms. The van der Waals surface area contributed by atoms with Crippen LogP contribution in [0.25, 0.3) is 0 Å². The predicted octanol–water partition coefficient (Wildman–Crippen LogP) is 0.744. The minimum absolute atomic E-state index is 0.0133. The van der Waals surface area contributed by atoms with Gasteiger partial charge in [0.2, 0.25) is 15.9 Å². The molecule has 0 saturated heterocycles. The molecular weight excluding hydrogens is 284 g/mol. The van der Waals surface area contributed by atoms with Crippen LogP contribution in [0.4, 0.5) is 0 Å². The Hall–Kier alpha value is -1.41. The highest BCUT2D eigenvalue weighted by molar-refractivity contribution is 7.90. The third-order valence-electron chi connectivity index (χ3n) is 3.45. The van der Waals surface area contributed by atoms with E-state index in [-0.39, 0.29) is 6.54 Å². The average Bonchev–Trinajstić information content (AvgIpc) is 3.04. The maximum absolute atomic E-state index is 12.3. The van der Waals surface area contributed by atoms with Gasteiger partial charge in [-0.05, 0) is 19.8 Å². The van der Waals surface area contributed by atoms with Gasteiger partial charge < -0.3 is 9.15 Å². The number of oxazole rings is 1. The van der Waals surface area contributed by atoms with Gasteiger partial charge in [0.25, 0.3) is 0 Å². The van der Waals surface area contributed by atoms with Crippen LogP contribution in [0, 0.1) is 12.8 Å². The summed E-state index contributed by atoms with van der Waals surface area (Å²) in [5.41, 5.74) is 0. The third-order valence-corrected chi connectivity index (χ3v) is 5.36. The van der Waals surface area contributed by atoms with Gasteiger partial charge in [-0.25, -0.2) is 18.1 Å². The fourth-order valence-electron chi connectivity index (χ4n) is 2.47. The van der Waals surface area contributed by atoms with Crippen molar-refractivity contribution in [3.8, 4) is 0 Å². The standard InChI is InChI=1S/C12H18N2O5S/c1-8-6-13-11(19-8)7-14-20(16,17)10-5-3-4-9(10)12(15)18-2/h6,9-10,14H,3-5,7H2,1-2H3. The monoisotopic (exact) mass is 302 g/mol. The highest BCUT2D eigenvalue weighted by Gasteiger charge is 2.42. The second kappa shape index (κ2) is 5.92. The molecule has 8 heteroatoms. The fourth-order valence-corrected chi connectivity index (χ4v) is 4.17. The molecule has 0 bridgehead atoms. The van der Waals surface area contributed by atoms with E-state index in [9.17, 15) is 13.2 Å². The number of methoxy groups -OCH3 is 1. The van der Waals surface area contributed by atoms with Gasteiger partial charge >= 0.3 is 5.97 Å². The zero-order valence-electron chi connectivity index (χ0n) is 11.5. The number of ether oxygens (including phenoxy) is 1. The molecule has 1 N–H and O–H groups in total. The van der Waals surface area contributed by atoms with E-state index in [1.807, 2.05) is 0 Å². The Morgan fingerprint density at radius 3 is 2.90 bits per heavy atom. The summed E-state index contributed by atoms with van der Waals surface area (Å²) in [6, 6.07) is 0. The van der Waals surface area contributed by atoms with Gasteiger partial charge in [-0.1, -0.05) is 6.42 Å². The quantitative estimate of drug-likeness (QED) is 0.806. The second-order valence-corrected chi connectivity index (χ2v) is 6.81. The van der Waals surface area contributed by atoms with E-state index in [0.29, 0.717) is 30.9 Å². The molecule has 1 aliphatic carbocycles. The van der Waals surface area contributed by atoms with E-state index in [1.165, 1.54) is 13.3 Å². The van der Waals surface area contributed by atoms with Gasteiger partial charge in [0.1, 0.15) is 5.76 Å². The van der Waals surface area contributed by atoms with Crippen LogP contribution in [0.2, 0.25) is 0 Å². The van der Waals surface area contributed by atoms with Crippen LogP contribution >= 0.6 is 0 Å². The zero-order chi connectivity index (χ0) is 14.8. The summed E-state index contributed by atoms with van der Waals surface area (Å²) in [5, 5.41) is -0.744. The van der Waals surface area contributed by atoms with Gasteiger partial charge in [0.15, 0.2) is 0 Å². The Morgan fingerprint density at radius 2 is 2.30 bits per heavy atom. The van der Waals surface area contributed by atoms with Crippen LogP contribution in [-0.4, -0.2) is 31.7 Å². The van der Waals surface area contributed by atoms with Crippen LogP contribution in [-0.2, 0) is 26.1 Å². The largest absolute Gasteiger partial charge is 0.469 e. The molecule has 1 fully saturated rings. The molecule has 1 aliphatic rings. The summed E-state index contributed by atoms with van der Waals surface area (Å²) in [7, 11) is -2.33. The lowest BCUT2D eigenvalue weighted by Gasteiger charge is -2.17. The zero-order valence-corrected chi connectivity index (χ0v) is 12.3. The molecule has 1 heterocycles. The van der Waals surface area contributed by atoms with Crippen LogP contribution in [0.15, 0.2) is 10.6 Å². The number of aryl methyl sites for hydroxylation is 1. The Balaban J connectivity index is 2.04. The molecule has 0 radical (unpaired) electrons. The molecular formula is C12H18N2O5S. The van der Waals surface area contributed by atoms with E-state index in [2.05, 4.69) is 14.4 Å². The summed E-state index contributed by atoms with van der Waals surface area (Å²) in [5.74, 6) is -0.139. The van der Waals surface area contributed by atoms with Crippen LogP contribution in [0.3, 0.4) is 0 Å². The first kappa shape index (κ1) is 15.0. The minimum atomic E-state index is -3.60. The smallest absolute Gasteiger partial charge is 0.310 e. The average molecular weight is 302 g/mol. The highest BCUT2D eigenvalue weighted by atomic mass is 32.2. The van der Waals surface area contributed by atoms with Crippen LogP contribution < -0.4 is 4.72 Å². The maximum atomic E-state index is 12.3. The lowest BCUT2D eigenvalue weighted by atomic mass is 10.1. The minimum Gasteiger partial charge on any atom is -0.469 e. The highest BCUT2D eigenvalue weighted by Crippen LogP contribution is 2.31. The number of carbonyl (C=O) groups excluding carboxylic acids is 1. The lowest BCUT2D eigenvalue weighted by Crippen LogP contribution is -2.39. The first-order valence-corrected chi connectivity index (χ1v) is 7.96. The van der Waals surface area contributed by atoms with Crippen molar-refractivity contribution in [3.63, 3.8) is 0 Å². The molecule has 1 aromatic heterocycles. The molecule has 0 aromatic carbocycles. The molecule has 1 aromatic rings. The van der Waals surface area contributed by atoms with Crippen LogP contribution in [0.1, 0.15) is 30.9 Å². The van der Waals surface area contributed by atoms with Gasteiger partial charge in [-0.15, -0.1) is 0 Å². The van der Waals surface area contributed by atoms with E-state index < -0.39 is 27.2 Å². The molecule has 1 saturated carbocycles. The number of hydrogen-bond donors (Lipinski definition) is 1. The summed E-state index contributed by atoms with van der Waals surface area (Å²) < 4.78 is 36.8. The molecule has 7 nitrogen and oxygen atoms in total. The van der Waals surface area contributed by atoms with Crippen molar-refractivity contribution in [1.29, 1.82) is 0 Å². The van der Waals surface area contributed by atoms with Gasteiger partial charge in [-0.3, -0.25) is 4.79 Å². The Morgan fingerprint density at radius 1 is 1.55 bits per heavy atom. The normalized spacial score (nSPS) is 22.9. The molecule has 20 heavy (non-hydrogen) atoms. The van der Waals surface area contributed by atoms with Crippen molar-refractivity contribution < 1.29 is 22.4 Å². The van der Waals surface area contributed by atoms with Gasteiger partial charge in [0.05, 0.1) is 31.0 Å². The Bertz CT molecular complexity index is 580. The number of esters is 1. The number of rotatable bonds is 5. The first-order valence-electron chi connectivity index (χ1n) is 6.41. The molecule has 0 amide bonds. The third kappa shape index (κ3) is 3.18. The van der Waals surface area contributed by atoms with Crippen molar-refractivity contribution in [2.24, 2.45) is 5.92 Å². The number of hydrogen-bond acceptors (Lipinski definition) is 6. The SMILES string of the molecule is COC(=O)C1CCCC1S(=O)(=O)NCc1ncc(C)o1. The van der Waals surface area contributed by atoms with Crippen LogP contribution in [0.5, 0.6) is 0 Å². The number of carbonyl (C=O) groups is 1. The Labute approximate surface area is 117 Å². The lowest BCUT2D eigenvalue weighted by molar-refractivity contribution is -0.145. The number of aromatic nitrogens is 1. The van der Waals surface area contributed by atoms with Crippen molar-refractivity contribution in [3.05, 3.63) is 17.8 Å². The molecule has 2 rings (SSSR count). The molecule has 112 valence electrons. The predicted molar refractivity (Wildman–Crippen MR) is 70.1 cm³/mol. The van der Waals surface area contributed by atoms with Gasteiger partial charge in [0, 0.05) is 0 Å². The topological polar surface area (TPSA) is 98.5 Å². The van der Waals surface area contributed by atoms with Crippen molar-refractivity contribution in [2.75, 3.05) is 7.11 Å². The van der Waals surface area contributed by atoms with E-state index in [0.717, 1.165) is 0 Å². The number of nitrogens with zero attached hydrogens (tertiary/aromatic N) is 1. The van der Waals surface area contributed by atoms with Crippen molar-refractivity contribution >= 4 is 16.0 Å². The number of nitrogens with one attached hydrogen (secondary N) is 1. The second-order valence-electron chi connectivity index (χ2n) is 4.83. The van der Waals surface area contributed by atoms with Gasteiger partial charge in [-0.2, -0.15) is 0 Å². The first-order chi connectivity index (χ1) is 9.44. The fraction of sp³-hybridized carbons (Fsp3) is 0.667. The van der Waals surface area contributed by atoms with E-state index >= 15 is 0 Å². The summed E-state index contributed by atoms with van der Waals surface area (Å²) in [4.78, 5) is 15.5. The summed E-state index contributed by atoms with van der Waals surface area (Å²) >= 11 is 0. The molecule has 2 unspecified atom stereocenters.